The molecule has 0 aromatic carbocycles. The predicted octanol–water partition coefficient (Wildman–Crippen LogP) is 1.46. The van der Waals surface area contributed by atoms with E-state index < -0.39 is 6.04 Å². The third-order valence-electron chi connectivity index (χ3n) is 2.41. The van der Waals surface area contributed by atoms with Crippen LogP contribution in [0.2, 0.25) is 0 Å². The third-order valence-corrected chi connectivity index (χ3v) is 2.41. The van der Waals surface area contributed by atoms with Gasteiger partial charge in [0.25, 0.3) is 0 Å². The number of nitrogens with two attached hydrogens (primary N) is 1. The summed E-state index contributed by atoms with van der Waals surface area (Å²) in [5.41, 5.74) is 7.21. The fourth-order valence-corrected chi connectivity index (χ4v) is 1.45. The van der Waals surface area contributed by atoms with Gasteiger partial charge in [0.2, 0.25) is 5.91 Å². The lowest BCUT2D eigenvalue weighted by Gasteiger charge is -2.04. The topological polar surface area (TPSA) is 85.8 Å². The molecule has 2 aromatic rings. The van der Waals surface area contributed by atoms with E-state index in [0.29, 0.717) is 12.2 Å². The minimum atomic E-state index is -0.534. The maximum atomic E-state index is 11.4. The van der Waals surface area contributed by atoms with Crippen molar-refractivity contribution in [3.8, 4) is 0 Å². The van der Waals surface area contributed by atoms with E-state index >= 15 is 0 Å². The molecule has 8 heteroatoms. The van der Waals surface area contributed by atoms with Gasteiger partial charge in [-0.2, -0.15) is 5.10 Å². The second-order valence-electron chi connectivity index (χ2n) is 4.06. The van der Waals surface area contributed by atoms with Crippen LogP contribution in [0.25, 0.3) is 0 Å². The average molecular weight is 318 g/mol. The number of aromatic nitrogens is 3. The first-order chi connectivity index (χ1) is 8.65. The number of carbonyl (C=O) groups is 1. The van der Waals surface area contributed by atoms with Gasteiger partial charge in [-0.3, -0.25) is 14.5 Å². The molecule has 0 saturated carbocycles. The Morgan fingerprint density at radius 3 is 2.65 bits per heavy atom. The Morgan fingerprint density at radius 2 is 2.05 bits per heavy atom. The molecule has 0 unspecified atom stereocenters. The summed E-state index contributed by atoms with van der Waals surface area (Å²) in [4.78, 5) is 15.3. The fourth-order valence-electron chi connectivity index (χ4n) is 1.45. The van der Waals surface area contributed by atoms with Gasteiger partial charge in [0.15, 0.2) is 0 Å². The average Bonchev–Trinajstić information content (AvgIpc) is 2.77. The van der Waals surface area contributed by atoms with Crippen LogP contribution in [0, 0.1) is 0 Å². The number of pyridine rings is 1. The number of anilines is 1. The van der Waals surface area contributed by atoms with Crippen molar-refractivity contribution in [2.75, 3.05) is 5.32 Å². The Balaban J connectivity index is 0.00000180. The van der Waals surface area contributed by atoms with E-state index in [-0.39, 0.29) is 30.7 Å². The summed E-state index contributed by atoms with van der Waals surface area (Å²) in [6, 6.07) is 3.30. The van der Waals surface area contributed by atoms with Crippen LogP contribution < -0.4 is 11.1 Å². The van der Waals surface area contributed by atoms with Gasteiger partial charge in [-0.25, -0.2) is 0 Å². The smallest absolute Gasteiger partial charge is 0.241 e. The molecule has 2 aromatic heterocycles. The Kier molecular flexibility index (Phi) is 7.83. The molecule has 0 aliphatic carbocycles. The van der Waals surface area contributed by atoms with Crippen LogP contribution in [0.3, 0.4) is 0 Å². The molecule has 0 fully saturated rings. The molecule has 0 radical (unpaired) electrons. The van der Waals surface area contributed by atoms with Crippen LogP contribution in [-0.2, 0) is 11.3 Å². The highest BCUT2D eigenvalue weighted by atomic mass is 35.5. The van der Waals surface area contributed by atoms with E-state index in [0.717, 1.165) is 5.56 Å². The molecule has 0 spiro atoms. The second kappa shape index (κ2) is 8.52. The molecule has 2 heterocycles. The normalized spacial score (nSPS) is 10.9. The Labute approximate surface area is 129 Å². The highest BCUT2D eigenvalue weighted by molar-refractivity contribution is 5.94. The van der Waals surface area contributed by atoms with Gasteiger partial charge in [0, 0.05) is 18.6 Å². The fraction of sp³-hybridized carbons (Fsp3) is 0.250. The summed E-state index contributed by atoms with van der Waals surface area (Å²) < 4.78 is 1.74. The number of carbonyl (C=O) groups excluding carboxylic acids is 1. The van der Waals surface area contributed by atoms with Crippen molar-refractivity contribution < 1.29 is 4.79 Å². The van der Waals surface area contributed by atoms with Gasteiger partial charge >= 0.3 is 0 Å². The molecule has 2 rings (SSSR count). The summed E-state index contributed by atoms with van der Waals surface area (Å²) in [6.07, 6.45) is 6.83. The number of nitrogens with zero attached hydrogens (tertiary/aromatic N) is 3. The monoisotopic (exact) mass is 317 g/mol. The lowest BCUT2D eigenvalue weighted by Crippen LogP contribution is -2.32. The van der Waals surface area contributed by atoms with E-state index in [1.54, 1.807) is 36.4 Å². The molecule has 3 N–H and O–H groups in total. The standard InChI is InChI=1S/C12H15N5O.2ClH/c1-9(13)12(18)16-11-6-15-17(8-11)7-10-2-4-14-5-3-10;;/h2-6,8-9H,7,13H2,1H3,(H,16,18);2*1H/t9-;;/m1../s1. The summed E-state index contributed by atoms with van der Waals surface area (Å²) >= 11 is 0. The number of rotatable bonds is 4. The molecular formula is C12H17Cl2N5O. The van der Waals surface area contributed by atoms with Crippen molar-refractivity contribution in [1.29, 1.82) is 0 Å². The van der Waals surface area contributed by atoms with Crippen LogP contribution in [0.15, 0.2) is 36.9 Å². The van der Waals surface area contributed by atoms with Gasteiger partial charge in [-0.1, -0.05) is 0 Å². The van der Waals surface area contributed by atoms with E-state index in [1.807, 2.05) is 12.1 Å². The van der Waals surface area contributed by atoms with Gasteiger partial charge in [0.05, 0.1) is 24.5 Å². The maximum Gasteiger partial charge on any atom is 0.241 e. The van der Waals surface area contributed by atoms with Gasteiger partial charge in [-0.15, -0.1) is 24.8 Å². The maximum absolute atomic E-state index is 11.4. The first kappa shape index (κ1) is 18.4. The Hall–Kier alpha value is -1.63. The first-order valence-corrected chi connectivity index (χ1v) is 5.63. The van der Waals surface area contributed by atoms with E-state index in [2.05, 4.69) is 15.4 Å². The molecule has 6 nitrogen and oxygen atoms in total. The molecule has 0 saturated heterocycles. The summed E-state index contributed by atoms with van der Waals surface area (Å²) in [6.45, 7) is 2.27. The van der Waals surface area contributed by atoms with Crippen LogP contribution in [0.5, 0.6) is 0 Å². The Morgan fingerprint density at radius 1 is 1.40 bits per heavy atom. The molecule has 0 aliphatic heterocycles. The quantitative estimate of drug-likeness (QED) is 0.893. The SMILES string of the molecule is C[C@@H](N)C(=O)Nc1cnn(Cc2ccncc2)c1.Cl.Cl. The lowest BCUT2D eigenvalue weighted by atomic mass is 10.3. The molecule has 1 amide bonds. The van der Waals surface area contributed by atoms with Crippen LogP contribution in [-0.4, -0.2) is 26.7 Å². The van der Waals surface area contributed by atoms with E-state index in [9.17, 15) is 4.79 Å². The van der Waals surface area contributed by atoms with Crippen LogP contribution in [0.1, 0.15) is 12.5 Å². The zero-order valence-corrected chi connectivity index (χ0v) is 12.5. The Bertz CT molecular complexity index is 530. The van der Waals surface area contributed by atoms with Crippen molar-refractivity contribution in [3.63, 3.8) is 0 Å². The summed E-state index contributed by atoms with van der Waals surface area (Å²) in [7, 11) is 0. The molecule has 110 valence electrons. The molecule has 0 aliphatic rings. The minimum absolute atomic E-state index is 0. The highest BCUT2D eigenvalue weighted by Crippen LogP contribution is 2.07. The van der Waals surface area contributed by atoms with Gasteiger partial charge in [-0.05, 0) is 24.6 Å². The summed E-state index contributed by atoms with van der Waals surface area (Å²) in [5.74, 6) is -0.224. The second-order valence-corrected chi connectivity index (χ2v) is 4.06. The number of amides is 1. The number of hydrogen-bond donors (Lipinski definition) is 2. The van der Waals surface area contributed by atoms with Crippen molar-refractivity contribution in [2.45, 2.75) is 19.5 Å². The van der Waals surface area contributed by atoms with Gasteiger partial charge in [0.1, 0.15) is 0 Å². The van der Waals surface area contributed by atoms with Crippen molar-refractivity contribution in [3.05, 3.63) is 42.5 Å². The minimum Gasteiger partial charge on any atom is -0.322 e. The highest BCUT2D eigenvalue weighted by Gasteiger charge is 2.08. The number of hydrogen-bond acceptors (Lipinski definition) is 4. The first-order valence-electron chi connectivity index (χ1n) is 5.63. The zero-order chi connectivity index (χ0) is 13.0. The van der Waals surface area contributed by atoms with E-state index in [1.165, 1.54) is 0 Å². The largest absolute Gasteiger partial charge is 0.322 e. The molecule has 20 heavy (non-hydrogen) atoms. The van der Waals surface area contributed by atoms with Gasteiger partial charge < -0.3 is 11.1 Å². The number of nitrogens with one attached hydrogen (secondary N) is 1. The number of halogens is 2. The van der Waals surface area contributed by atoms with Crippen molar-refractivity contribution >= 4 is 36.4 Å². The lowest BCUT2D eigenvalue weighted by molar-refractivity contribution is -0.117. The predicted molar refractivity (Wildman–Crippen MR) is 82.3 cm³/mol. The summed E-state index contributed by atoms with van der Waals surface area (Å²) in [5, 5.41) is 6.85. The van der Waals surface area contributed by atoms with Crippen molar-refractivity contribution in [1.82, 2.24) is 14.8 Å². The van der Waals surface area contributed by atoms with Crippen LogP contribution >= 0.6 is 24.8 Å². The molecule has 0 bridgehead atoms. The van der Waals surface area contributed by atoms with Crippen LogP contribution in [0.4, 0.5) is 5.69 Å². The molecule has 1 atom stereocenters. The third kappa shape index (κ3) is 5.16. The molecular weight excluding hydrogens is 301 g/mol. The van der Waals surface area contributed by atoms with Crippen molar-refractivity contribution in [2.24, 2.45) is 5.73 Å². The zero-order valence-electron chi connectivity index (χ0n) is 10.9. The van der Waals surface area contributed by atoms with E-state index in [4.69, 9.17) is 5.73 Å².